The summed E-state index contributed by atoms with van der Waals surface area (Å²) in [6.07, 6.45) is 3.22. The van der Waals surface area contributed by atoms with Crippen LogP contribution in [0.2, 0.25) is 0 Å². The SMILES string of the molecule is NCC1(NC(=O)c2cccc3ncccc23)CCOCC1. The second-order valence-electron chi connectivity index (χ2n) is 5.43. The van der Waals surface area contributed by atoms with Crippen LogP contribution in [0.5, 0.6) is 0 Å². The summed E-state index contributed by atoms with van der Waals surface area (Å²) in [4.78, 5) is 16.9. The van der Waals surface area contributed by atoms with E-state index in [0.717, 1.165) is 23.7 Å². The lowest BCUT2D eigenvalue weighted by molar-refractivity contribution is 0.0389. The molecule has 5 heteroatoms. The first-order valence-corrected chi connectivity index (χ1v) is 7.18. The van der Waals surface area contributed by atoms with Gasteiger partial charge >= 0.3 is 0 Å². The summed E-state index contributed by atoms with van der Waals surface area (Å²) in [5.41, 5.74) is 6.99. The maximum Gasteiger partial charge on any atom is 0.252 e. The largest absolute Gasteiger partial charge is 0.381 e. The fraction of sp³-hybridized carbons (Fsp3) is 0.375. The van der Waals surface area contributed by atoms with Gasteiger partial charge in [-0.15, -0.1) is 0 Å². The van der Waals surface area contributed by atoms with E-state index >= 15 is 0 Å². The lowest BCUT2D eigenvalue weighted by atomic mass is 9.89. The molecule has 0 aliphatic carbocycles. The Morgan fingerprint density at radius 1 is 1.29 bits per heavy atom. The maximum absolute atomic E-state index is 12.7. The molecule has 1 aliphatic rings. The number of rotatable bonds is 3. The van der Waals surface area contributed by atoms with Crippen LogP contribution in [0.15, 0.2) is 36.5 Å². The van der Waals surface area contributed by atoms with E-state index in [1.54, 1.807) is 6.20 Å². The van der Waals surface area contributed by atoms with Gasteiger partial charge in [0.05, 0.1) is 11.1 Å². The molecule has 1 aromatic carbocycles. The number of carbonyl (C=O) groups is 1. The molecule has 110 valence electrons. The summed E-state index contributed by atoms with van der Waals surface area (Å²) in [6, 6.07) is 9.33. The number of nitrogens with two attached hydrogens (primary N) is 1. The first kappa shape index (κ1) is 14.0. The fourth-order valence-corrected chi connectivity index (χ4v) is 2.75. The minimum Gasteiger partial charge on any atom is -0.381 e. The fourth-order valence-electron chi connectivity index (χ4n) is 2.75. The molecule has 5 nitrogen and oxygen atoms in total. The van der Waals surface area contributed by atoms with E-state index in [9.17, 15) is 4.79 Å². The van der Waals surface area contributed by atoms with E-state index in [0.29, 0.717) is 25.3 Å². The number of amides is 1. The Bertz CT molecular complexity index is 646. The molecule has 3 N–H and O–H groups in total. The minimum absolute atomic E-state index is 0.0963. The molecule has 0 saturated carbocycles. The van der Waals surface area contributed by atoms with Crippen LogP contribution < -0.4 is 11.1 Å². The van der Waals surface area contributed by atoms with Crippen LogP contribution in [0.3, 0.4) is 0 Å². The van der Waals surface area contributed by atoms with Crippen molar-refractivity contribution in [2.24, 2.45) is 5.73 Å². The molecule has 1 amide bonds. The first-order chi connectivity index (χ1) is 10.2. The molecule has 0 unspecified atom stereocenters. The van der Waals surface area contributed by atoms with Gasteiger partial charge in [0, 0.05) is 36.9 Å². The molecule has 21 heavy (non-hydrogen) atoms. The van der Waals surface area contributed by atoms with E-state index in [-0.39, 0.29) is 11.4 Å². The molecule has 1 aromatic heterocycles. The normalized spacial score (nSPS) is 17.6. The number of hydrogen-bond donors (Lipinski definition) is 2. The van der Waals surface area contributed by atoms with Gasteiger partial charge in [-0.05, 0) is 31.0 Å². The minimum atomic E-state index is -0.361. The van der Waals surface area contributed by atoms with Crippen LogP contribution >= 0.6 is 0 Å². The highest BCUT2D eigenvalue weighted by atomic mass is 16.5. The van der Waals surface area contributed by atoms with Gasteiger partial charge in [0.25, 0.3) is 5.91 Å². The number of benzene rings is 1. The number of pyridine rings is 1. The zero-order valence-corrected chi connectivity index (χ0v) is 11.8. The summed E-state index contributed by atoms with van der Waals surface area (Å²) in [5.74, 6) is -0.0963. The molecule has 3 rings (SSSR count). The van der Waals surface area contributed by atoms with Gasteiger partial charge in [0.2, 0.25) is 0 Å². The standard InChI is InChI=1S/C16H19N3O2/c17-11-16(6-9-21-10-7-16)19-15(20)13-3-1-5-14-12(13)4-2-8-18-14/h1-5,8H,6-7,9-11,17H2,(H,19,20). The van der Waals surface area contributed by atoms with Crippen LogP contribution in [0.25, 0.3) is 10.9 Å². The highest BCUT2D eigenvalue weighted by molar-refractivity contribution is 6.06. The third-order valence-corrected chi connectivity index (χ3v) is 4.11. The lowest BCUT2D eigenvalue weighted by Gasteiger charge is -2.37. The Kier molecular flexibility index (Phi) is 3.86. The smallest absolute Gasteiger partial charge is 0.252 e. The number of hydrogen-bond acceptors (Lipinski definition) is 4. The van der Waals surface area contributed by atoms with Crippen molar-refractivity contribution in [2.45, 2.75) is 18.4 Å². The van der Waals surface area contributed by atoms with Crippen molar-refractivity contribution in [1.29, 1.82) is 0 Å². The number of fused-ring (bicyclic) bond motifs is 1. The number of ether oxygens (including phenoxy) is 1. The van der Waals surface area contributed by atoms with E-state index in [1.807, 2.05) is 30.3 Å². The summed E-state index contributed by atoms with van der Waals surface area (Å²) in [7, 11) is 0. The Hall–Kier alpha value is -1.98. The molecular formula is C16H19N3O2. The monoisotopic (exact) mass is 285 g/mol. The Labute approximate surface area is 123 Å². The molecular weight excluding hydrogens is 266 g/mol. The zero-order valence-electron chi connectivity index (χ0n) is 11.8. The van der Waals surface area contributed by atoms with Gasteiger partial charge in [-0.1, -0.05) is 12.1 Å². The number of nitrogens with zero attached hydrogens (tertiary/aromatic N) is 1. The Balaban J connectivity index is 1.90. The highest BCUT2D eigenvalue weighted by Crippen LogP contribution is 2.22. The van der Waals surface area contributed by atoms with Crippen molar-refractivity contribution in [2.75, 3.05) is 19.8 Å². The van der Waals surface area contributed by atoms with E-state index in [4.69, 9.17) is 10.5 Å². The van der Waals surface area contributed by atoms with Crippen LogP contribution in [0, 0.1) is 0 Å². The van der Waals surface area contributed by atoms with Crippen molar-refractivity contribution in [3.05, 3.63) is 42.1 Å². The number of nitrogens with one attached hydrogen (secondary N) is 1. The topological polar surface area (TPSA) is 77.2 Å². The Morgan fingerprint density at radius 2 is 2.10 bits per heavy atom. The Morgan fingerprint density at radius 3 is 2.86 bits per heavy atom. The summed E-state index contributed by atoms with van der Waals surface area (Å²) in [5, 5.41) is 3.98. The molecule has 2 heterocycles. The third kappa shape index (κ3) is 2.75. The van der Waals surface area contributed by atoms with Gasteiger partial charge in [0.1, 0.15) is 0 Å². The molecule has 1 fully saturated rings. The summed E-state index contributed by atoms with van der Waals surface area (Å²) < 4.78 is 5.37. The predicted molar refractivity (Wildman–Crippen MR) is 81.0 cm³/mol. The molecule has 0 atom stereocenters. The van der Waals surface area contributed by atoms with Crippen LogP contribution in [-0.4, -0.2) is 36.2 Å². The van der Waals surface area contributed by atoms with E-state index < -0.39 is 0 Å². The predicted octanol–water partition coefficient (Wildman–Crippen LogP) is 1.47. The lowest BCUT2D eigenvalue weighted by Crippen LogP contribution is -2.56. The molecule has 0 radical (unpaired) electrons. The van der Waals surface area contributed by atoms with Crippen molar-refractivity contribution >= 4 is 16.8 Å². The summed E-state index contributed by atoms with van der Waals surface area (Å²) >= 11 is 0. The maximum atomic E-state index is 12.7. The van der Waals surface area contributed by atoms with Crippen molar-refractivity contribution in [1.82, 2.24) is 10.3 Å². The molecule has 1 saturated heterocycles. The van der Waals surface area contributed by atoms with Crippen molar-refractivity contribution in [3.63, 3.8) is 0 Å². The molecule has 0 spiro atoms. The number of carbonyl (C=O) groups excluding carboxylic acids is 1. The van der Waals surface area contributed by atoms with Gasteiger partial charge in [-0.25, -0.2) is 0 Å². The summed E-state index contributed by atoms with van der Waals surface area (Å²) in [6.45, 7) is 1.69. The second-order valence-corrected chi connectivity index (χ2v) is 5.43. The van der Waals surface area contributed by atoms with Crippen molar-refractivity contribution < 1.29 is 9.53 Å². The quantitative estimate of drug-likeness (QED) is 0.895. The van der Waals surface area contributed by atoms with E-state index in [1.165, 1.54) is 0 Å². The average molecular weight is 285 g/mol. The van der Waals surface area contributed by atoms with Crippen LogP contribution in [0.1, 0.15) is 23.2 Å². The first-order valence-electron chi connectivity index (χ1n) is 7.18. The molecule has 1 aliphatic heterocycles. The molecule has 2 aromatic rings. The van der Waals surface area contributed by atoms with Gasteiger partial charge in [-0.2, -0.15) is 0 Å². The van der Waals surface area contributed by atoms with Crippen molar-refractivity contribution in [3.8, 4) is 0 Å². The van der Waals surface area contributed by atoms with Crippen LogP contribution in [0.4, 0.5) is 0 Å². The second kappa shape index (κ2) is 5.79. The van der Waals surface area contributed by atoms with Crippen LogP contribution in [-0.2, 0) is 4.74 Å². The highest BCUT2D eigenvalue weighted by Gasteiger charge is 2.33. The van der Waals surface area contributed by atoms with Gasteiger partial charge < -0.3 is 15.8 Å². The van der Waals surface area contributed by atoms with E-state index in [2.05, 4.69) is 10.3 Å². The third-order valence-electron chi connectivity index (χ3n) is 4.11. The van der Waals surface area contributed by atoms with Gasteiger partial charge in [-0.3, -0.25) is 9.78 Å². The zero-order chi connectivity index (χ0) is 14.7. The number of aromatic nitrogens is 1. The molecule has 0 bridgehead atoms. The van der Waals surface area contributed by atoms with Gasteiger partial charge in [0.15, 0.2) is 0 Å². The average Bonchev–Trinajstić information content (AvgIpc) is 2.55.